The smallest absolute Gasteiger partial charge is 0.227 e. The topological polar surface area (TPSA) is 49.9 Å². The van der Waals surface area contributed by atoms with Crippen LogP contribution in [0.15, 0.2) is 48.5 Å². The van der Waals surface area contributed by atoms with Gasteiger partial charge in [0.15, 0.2) is 0 Å². The molecule has 0 spiro atoms. The van der Waals surface area contributed by atoms with E-state index in [2.05, 4.69) is 0 Å². The van der Waals surface area contributed by atoms with Gasteiger partial charge in [-0.1, -0.05) is 31.2 Å². The molecule has 0 N–H and O–H groups in total. The lowest BCUT2D eigenvalue weighted by Crippen LogP contribution is -2.41. The van der Waals surface area contributed by atoms with E-state index in [4.69, 9.17) is 4.74 Å². The number of anilines is 1. The van der Waals surface area contributed by atoms with E-state index in [1.54, 1.807) is 17.0 Å². The fourth-order valence-corrected chi connectivity index (χ4v) is 3.18. The van der Waals surface area contributed by atoms with Gasteiger partial charge in [-0.15, -0.1) is 0 Å². The van der Waals surface area contributed by atoms with Crippen molar-refractivity contribution >= 4 is 17.5 Å². The van der Waals surface area contributed by atoms with Crippen molar-refractivity contribution in [3.05, 3.63) is 65.5 Å². The van der Waals surface area contributed by atoms with Crippen LogP contribution in [0.4, 0.5) is 10.1 Å². The number of ether oxygens (including phenoxy) is 1. The Morgan fingerprint density at radius 1 is 1.00 bits per heavy atom. The van der Waals surface area contributed by atoms with Crippen molar-refractivity contribution in [2.45, 2.75) is 26.3 Å². The van der Waals surface area contributed by atoms with E-state index < -0.39 is 0 Å². The first-order chi connectivity index (χ1) is 13.6. The van der Waals surface area contributed by atoms with Crippen LogP contribution in [0.25, 0.3) is 0 Å². The van der Waals surface area contributed by atoms with Crippen LogP contribution < -0.4 is 4.90 Å². The van der Waals surface area contributed by atoms with Crippen LogP contribution in [-0.4, -0.2) is 43.0 Å². The molecule has 1 aliphatic heterocycles. The highest BCUT2D eigenvalue weighted by Crippen LogP contribution is 2.20. The zero-order valence-corrected chi connectivity index (χ0v) is 16.1. The molecule has 1 saturated heterocycles. The van der Waals surface area contributed by atoms with E-state index >= 15 is 0 Å². The molecule has 6 heteroatoms. The zero-order chi connectivity index (χ0) is 19.9. The number of morpholine rings is 1. The summed E-state index contributed by atoms with van der Waals surface area (Å²) in [7, 11) is 0. The highest BCUT2D eigenvalue weighted by molar-refractivity contribution is 5.93. The van der Waals surface area contributed by atoms with Gasteiger partial charge in [-0.3, -0.25) is 9.59 Å². The summed E-state index contributed by atoms with van der Waals surface area (Å²) in [5.41, 5.74) is 2.53. The number of rotatable bonds is 6. The van der Waals surface area contributed by atoms with E-state index in [-0.39, 0.29) is 17.6 Å². The van der Waals surface area contributed by atoms with Crippen LogP contribution in [0.5, 0.6) is 0 Å². The second kappa shape index (κ2) is 9.46. The summed E-state index contributed by atoms with van der Waals surface area (Å²) in [6.07, 6.45) is 0.707. The summed E-state index contributed by atoms with van der Waals surface area (Å²) in [5, 5.41) is 0. The average Bonchev–Trinajstić information content (AvgIpc) is 2.74. The minimum atomic E-state index is -0.300. The molecule has 0 bridgehead atoms. The van der Waals surface area contributed by atoms with Gasteiger partial charge in [0.2, 0.25) is 11.8 Å². The maximum atomic E-state index is 13.1. The molecule has 2 amide bonds. The van der Waals surface area contributed by atoms with E-state index in [0.29, 0.717) is 45.7 Å². The van der Waals surface area contributed by atoms with Gasteiger partial charge in [-0.05, 0) is 35.4 Å². The van der Waals surface area contributed by atoms with Gasteiger partial charge in [0.05, 0.1) is 26.2 Å². The zero-order valence-electron chi connectivity index (χ0n) is 16.1. The number of halogens is 1. The Bertz CT molecular complexity index is 800. The molecular formula is C22H25FN2O3. The Morgan fingerprint density at radius 3 is 2.21 bits per heavy atom. The summed E-state index contributed by atoms with van der Waals surface area (Å²) in [6.45, 7) is 4.62. The first kappa shape index (κ1) is 20.0. The second-order valence-electron chi connectivity index (χ2n) is 6.80. The molecule has 2 aromatic rings. The molecule has 1 fully saturated rings. The van der Waals surface area contributed by atoms with Crippen molar-refractivity contribution in [2.24, 2.45) is 0 Å². The first-order valence-corrected chi connectivity index (χ1v) is 9.56. The van der Waals surface area contributed by atoms with E-state index in [0.717, 1.165) is 16.8 Å². The minimum Gasteiger partial charge on any atom is -0.378 e. The van der Waals surface area contributed by atoms with Crippen LogP contribution in [0.2, 0.25) is 0 Å². The summed E-state index contributed by atoms with van der Waals surface area (Å²) in [4.78, 5) is 28.3. The summed E-state index contributed by atoms with van der Waals surface area (Å²) in [6, 6.07) is 13.6. The van der Waals surface area contributed by atoms with Gasteiger partial charge < -0.3 is 14.5 Å². The lowest BCUT2D eigenvalue weighted by atomic mass is 10.1. The third kappa shape index (κ3) is 5.16. The fraction of sp³-hybridized carbons (Fsp3) is 0.364. The Labute approximate surface area is 164 Å². The third-order valence-corrected chi connectivity index (χ3v) is 4.82. The van der Waals surface area contributed by atoms with Gasteiger partial charge in [-0.2, -0.15) is 0 Å². The number of carbonyl (C=O) groups excluding carboxylic acids is 2. The lowest BCUT2D eigenvalue weighted by molar-refractivity contribution is -0.134. The van der Waals surface area contributed by atoms with Crippen LogP contribution in [-0.2, 0) is 27.3 Å². The molecule has 148 valence electrons. The van der Waals surface area contributed by atoms with Crippen LogP contribution >= 0.6 is 0 Å². The maximum absolute atomic E-state index is 13.1. The summed E-state index contributed by atoms with van der Waals surface area (Å²) in [5.74, 6) is -0.225. The van der Waals surface area contributed by atoms with Crippen molar-refractivity contribution in [3.63, 3.8) is 0 Å². The van der Waals surface area contributed by atoms with Crippen LogP contribution in [0.1, 0.15) is 24.5 Å². The van der Waals surface area contributed by atoms with Crippen LogP contribution in [0, 0.1) is 5.82 Å². The molecule has 1 aliphatic rings. The van der Waals surface area contributed by atoms with Gasteiger partial charge in [0.25, 0.3) is 0 Å². The number of hydrogen-bond donors (Lipinski definition) is 0. The molecule has 0 aliphatic carbocycles. The number of nitrogens with zero attached hydrogens (tertiary/aromatic N) is 2. The van der Waals surface area contributed by atoms with Gasteiger partial charge >= 0.3 is 0 Å². The Morgan fingerprint density at radius 2 is 1.61 bits per heavy atom. The highest BCUT2D eigenvalue weighted by atomic mass is 19.1. The summed E-state index contributed by atoms with van der Waals surface area (Å²) < 4.78 is 18.4. The average molecular weight is 384 g/mol. The van der Waals surface area contributed by atoms with Crippen molar-refractivity contribution in [1.82, 2.24) is 4.90 Å². The maximum Gasteiger partial charge on any atom is 0.227 e. The standard InChI is InChI=1S/C22H25FN2O3/c1-2-21(26)25(16-18-3-7-19(23)8-4-18)20-9-5-17(6-10-20)15-22(27)24-11-13-28-14-12-24/h3-10H,2,11-16H2,1H3. The van der Waals surface area contributed by atoms with E-state index in [1.807, 2.05) is 36.1 Å². The van der Waals surface area contributed by atoms with Crippen LogP contribution in [0.3, 0.4) is 0 Å². The molecule has 0 saturated carbocycles. The molecule has 0 unspecified atom stereocenters. The fourth-order valence-electron chi connectivity index (χ4n) is 3.18. The largest absolute Gasteiger partial charge is 0.378 e. The lowest BCUT2D eigenvalue weighted by Gasteiger charge is -2.27. The normalized spacial score (nSPS) is 14.0. The third-order valence-electron chi connectivity index (χ3n) is 4.82. The Kier molecular flexibility index (Phi) is 6.76. The van der Waals surface area contributed by atoms with Gasteiger partial charge in [0, 0.05) is 25.2 Å². The molecule has 2 aromatic carbocycles. The molecule has 1 heterocycles. The molecular weight excluding hydrogens is 359 g/mol. The van der Waals surface area contributed by atoms with E-state index in [9.17, 15) is 14.0 Å². The van der Waals surface area contributed by atoms with Crippen molar-refractivity contribution in [1.29, 1.82) is 0 Å². The predicted molar refractivity (Wildman–Crippen MR) is 105 cm³/mol. The minimum absolute atomic E-state index is 0.0125. The first-order valence-electron chi connectivity index (χ1n) is 9.56. The number of amides is 2. The Balaban J connectivity index is 1.69. The molecule has 28 heavy (non-hydrogen) atoms. The number of benzene rings is 2. The second-order valence-corrected chi connectivity index (χ2v) is 6.80. The van der Waals surface area contributed by atoms with Gasteiger partial charge in [-0.25, -0.2) is 4.39 Å². The number of carbonyl (C=O) groups is 2. The van der Waals surface area contributed by atoms with Crippen molar-refractivity contribution in [3.8, 4) is 0 Å². The molecule has 0 radical (unpaired) electrons. The molecule has 5 nitrogen and oxygen atoms in total. The molecule has 0 aromatic heterocycles. The Hall–Kier alpha value is -2.73. The molecule has 3 rings (SSSR count). The van der Waals surface area contributed by atoms with Crippen molar-refractivity contribution in [2.75, 3.05) is 31.2 Å². The van der Waals surface area contributed by atoms with Gasteiger partial charge in [0.1, 0.15) is 5.82 Å². The quantitative estimate of drug-likeness (QED) is 0.769. The monoisotopic (exact) mass is 384 g/mol. The number of hydrogen-bond acceptors (Lipinski definition) is 3. The molecule has 0 atom stereocenters. The predicted octanol–water partition coefficient (Wildman–Crippen LogP) is 3.17. The van der Waals surface area contributed by atoms with E-state index in [1.165, 1.54) is 12.1 Å². The highest BCUT2D eigenvalue weighted by Gasteiger charge is 2.18. The SMILES string of the molecule is CCC(=O)N(Cc1ccc(F)cc1)c1ccc(CC(=O)N2CCOCC2)cc1. The van der Waals surface area contributed by atoms with Crippen molar-refractivity contribution < 1.29 is 18.7 Å². The summed E-state index contributed by atoms with van der Waals surface area (Å²) >= 11 is 0.